The van der Waals surface area contributed by atoms with Gasteiger partial charge in [-0.2, -0.15) is 0 Å². The van der Waals surface area contributed by atoms with Crippen LogP contribution in [0.5, 0.6) is 0 Å². The number of benzene rings is 1. The van der Waals surface area contributed by atoms with E-state index in [9.17, 15) is 9.18 Å². The molecular weight excluding hydrogens is 185 g/mol. The molecule has 0 aromatic heterocycles. The first-order valence-electron chi connectivity index (χ1n) is 4.19. The number of nitrogens with one attached hydrogen (secondary N) is 1. The number of carboxylic acid groups (broad SMARTS) is 1. The maximum Gasteiger partial charge on any atom is 0.328 e. The van der Waals surface area contributed by atoms with Crippen LogP contribution >= 0.6 is 0 Å². The average molecular weight is 197 g/mol. The highest BCUT2D eigenvalue weighted by molar-refractivity contribution is 5.81. The van der Waals surface area contributed by atoms with Crippen LogP contribution in [-0.2, 0) is 4.79 Å². The maximum atomic E-state index is 12.5. The quantitative estimate of drug-likeness (QED) is 0.780. The first kappa shape index (κ1) is 10.5. The van der Waals surface area contributed by atoms with Gasteiger partial charge in [-0.05, 0) is 38.1 Å². The Kier molecular flexibility index (Phi) is 2.74. The van der Waals surface area contributed by atoms with Crippen molar-refractivity contribution in [3.05, 3.63) is 30.1 Å². The van der Waals surface area contributed by atoms with Gasteiger partial charge in [0.1, 0.15) is 11.4 Å². The summed E-state index contributed by atoms with van der Waals surface area (Å²) in [6, 6.07) is 5.56. The summed E-state index contributed by atoms with van der Waals surface area (Å²) in [5, 5.41) is 11.6. The van der Waals surface area contributed by atoms with Crippen molar-refractivity contribution in [2.24, 2.45) is 0 Å². The van der Waals surface area contributed by atoms with E-state index in [1.165, 1.54) is 24.3 Å². The second-order valence-corrected chi connectivity index (χ2v) is 3.56. The summed E-state index contributed by atoms with van der Waals surface area (Å²) in [4.78, 5) is 10.8. The van der Waals surface area contributed by atoms with Gasteiger partial charge in [0.2, 0.25) is 0 Å². The Morgan fingerprint density at radius 2 is 1.86 bits per heavy atom. The second-order valence-electron chi connectivity index (χ2n) is 3.56. The summed E-state index contributed by atoms with van der Waals surface area (Å²) in [6.45, 7) is 3.08. The predicted molar refractivity (Wildman–Crippen MR) is 51.7 cm³/mol. The number of rotatable bonds is 3. The number of hydrogen-bond donors (Lipinski definition) is 2. The lowest BCUT2D eigenvalue weighted by atomic mass is 10.1. The lowest BCUT2D eigenvalue weighted by Gasteiger charge is -2.22. The van der Waals surface area contributed by atoms with E-state index in [0.29, 0.717) is 5.69 Å². The highest BCUT2D eigenvalue weighted by atomic mass is 19.1. The molecule has 3 nitrogen and oxygen atoms in total. The van der Waals surface area contributed by atoms with Crippen LogP contribution in [0.15, 0.2) is 24.3 Å². The zero-order valence-electron chi connectivity index (χ0n) is 8.04. The SMILES string of the molecule is CC(C)(Nc1ccc(F)cc1)C(=O)O. The van der Waals surface area contributed by atoms with Crippen LogP contribution in [0.3, 0.4) is 0 Å². The normalized spacial score (nSPS) is 11.1. The summed E-state index contributed by atoms with van der Waals surface area (Å²) >= 11 is 0. The van der Waals surface area contributed by atoms with Crippen LogP contribution in [0, 0.1) is 5.82 Å². The minimum Gasteiger partial charge on any atom is -0.480 e. The molecule has 0 amide bonds. The van der Waals surface area contributed by atoms with E-state index in [2.05, 4.69) is 5.32 Å². The van der Waals surface area contributed by atoms with E-state index < -0.39 is 11.5 Å². The van der Waals surface area contributed by atoms with Crippen molar-refractivity contribution in [1.29, 1.82) is 0 Å². The molecule has 1 aromatic carbocycles. The fourth-order valence-electron chi connectivity index (χ4n) is 0.948. The first-order chi connectivity index (χ1) is 6.42. The van der Waals surface area contributed by atoms with Crippen molar-refractivity contribution in [3.8, 4) is 0 Å². The fraction of sp³-hybridized carbons (Fsp3) is 0.300. The van der Waals surface area contributed by atoms with Crippen LogP contribution in [0.4, 0.5) is 10.1 Å². The van der Waals surface area contributed by atoms with E-state index in [1.54, 1.807) is 13.8 Å². The maximum absolute atomic E-state index is 12.5. The molecule has 0 aliphatic heterocycles. The van der Waals surface area contributed by atoms with Crippen molar-refractivity contribution >= 4 is 11.7 Å². The molecule has 0 spiro atoms. The van der Waals surface area contributed by atoms with Gasteiger partial charge in [0.25, 0.3) is 0 Å². The largest absolute Gasteiger partial charge is 0.480 e. The minimum atomic E-state index is -1.06. The zero-order chi connectivity index (χ0) is 10.8. The molecule has 0 aliphatic rings. The monoisotopic (exact) mass is 197 g/mol. The van der Waals surface area contributed by atoms with Crippen LogP contribution < -0.4 is 5.32 Å². The number of halogens is 1. The molecule has 0 atom stereocenters. The van der Waals surface area contributed by atoms with E-state index in [4.69, 9.17) is 5.11 Å². The van der Waals surface area contributed by atoms with Gasteiger partial charge in [0.15, 0.2) is 0 Å². The molecule has 0 bridgehead atoms. The summed E-state index contributed by atoms with van der Waals surface area (Å²) in [5.74, 6) is -1.30. The molecule has 76 valence electrons. The Hall–Kier alpha value is -1.58. The highest BCUT2D eigenvalue weighted by Crippen LogP contribution is 2.15. The van der Waals surface area contributed by atoms with Crippen molar-refractivity contribution in [3.63, 3.8) is 0 Å². The van der Waals surface area contributed by atoms with Gasteiger partial charge in [-0.3, -0.25) is 0 Å². The molecule has 4 heteroatoms. The van der Waals surface area contributed by atoms with Gasteiger partial charge in [-0.15, -0.1) is 0 Å². The third-order valence-corrected chi connectivity index (χ3v) is 1.84. The second kappa shape index (κ2) is 3.65. The zero-order valence-corrected chi connectivity index (χ0v) is 8.04. The molecule has 1 rings (SSSR count). The van der Waals surface area contributed by atoms with Gasteiger partial charge in [0, 0.05) is 5.69 Å². The molecule has 0 saturated carbocycles. The fourth-order valence-corrected chi connectivity index (χ4v) is 0.948. The van der Waals surface area contributed by atoms with Crippen LogP contribution in [-0.4, -0.2) is 16.6 Å². The van der Waals surface area contributed by atoms with E-state index >= 15 is 0 Å². The smallest absolute Gasteiger partial charge is 0.328 e. The Balaban J connectivity index is 2.79. The average Bonchev–Trinajstić information content (AvgIpc) is 2.08. The number of carboxylic acids is 1. The number of anilines is 1. The lowest BCUT2D eigenvalue weighted by Crippen LogP contribution is -2.39. The Morgan fingerprint density at radius 3 is 2.29 bits per heavy atom. The van der Waals surface area contributed by atoms with Crippen molar-refractivity contribution in [2.45, 2.75) is 19.4 Å². The topological polar surface area (TPSA) is 49.3 Å². The Bertz CT molecular complexity index is 332. The molecule has 0 heterocycles. The first-order valence-corrected chi connectivity index (χ1v) is 4.19. The molecule has 14 heavy (non-hydrogen) atoms. The molecule has 1 aromatic rings. The van der Waals surface area contributed by atoms with Gasteiger partial charge < -0.3 is 10.4 Å². The van der Waals surface area contributed by atoms with Gasteiger partial charge in [-0.1, -0.05) is 0 Å². The minimum absolute atomic E-state index is 0.344. The summed E-state index contributed by atoms with van der Waals surface area (Å²) < 4.78 is 12.5. The summed E-state index contributed by atoms with van der Waals surface area (Å²) in [7, 11) is 0. The predicted octanol–water partition coefficient (Wildman–Crippen LogP) is 2.10. The standard InChI is InChI=1S/C10H12FNO2/c1-10(2,9(13)14)12-8-5-3-7(11)4-6-8/h3-6,12H,1-2H3,(H,13,14). The Labute approximate surface area is 81.6 Å². The van der Waals surface area contributed by atoms with Crippen LogP contribution in [0.2, 0.25) is 0 Å². The number of aliphatic carboxylic acids is 1. The summed E-state index contributed by atoms with van der Waals surface area (Å²) in [6.07, 6.45) is 0. The van der Waals surface area contributed by atoms with Crippen molar-refractivity contribution in [2.75, 3.05) is 5.32 Å². The van der Waals surface area contributed by atoms with Gasteiger partial charge in [0.05, 0.1) is 0 Å². The molecule has 0 unspecified atom stereocenters. The van der Waals surface area contributed by atoms with Gasteiger partial charge in [-0.25, -0.2) is 9.18 Å². The summed E-state index contributed by atoms with van der Waals surface area (Å²) in [5.41, 5.74) is -0.475. The van der Waals surface area contributed by atoms with Crippen LogP contribution in [0.25, 0.3) is 0 Å². The van der Waals surface area contributed by atoms with Gasteiger partial charge >= 0.3 is 5.97 Å². The lowest BCUT2D eigenvalue weighted by molar-refractivity contribution is -0.141. The third kappa shape index (κ3) is 2.45. The van der Waals surface area contributed by atoms with Crippen LogP contribution in [0.1, 0.15) is 13.8 Å². The number of carbonyl (C=O) groups is 1. The van der Waals surface area contributed by atoms with Crippen molar-refractivity contribution in [1.82, 2.24) is 0 Å². The molecule has 0 fully saturated rings. The molecule has 0 saturated heterocycles. The Morgan fingerprint density at radius 1 is 1.36 bits per heavy atom. The number of hydrogen-bond acceptors (Lipinski definition) is 2. The van der Waals surface area contributed by atoms with E-state index in [1.807, 2.05) is 0 Å². The van der Waals surface area contributed by atoms with E-state index in [0.717, 1.165) is 0 Å². The van der Waals surface area contributed by atoms with E-state index in [-0.39, 0.29) is 5.82 Å². The third-order valence-electron chi connectivity index (χ3n) is 1.84. The molecule has 0 aliphatic carbocycles. The van der Waals surface area contributed by atoms with Crippen molar-refractivity contribution < 1.29 is 14.3 Å². The highest BCUT2D eigenvalue weighted by Gasteiger charge is 2.26. The molecular formula is C10H12FNO2. The molecule has 0 radical (unpaired) electrons. The molecule has 2 N–H and O–H groups in total.